The number of carboxylic acids is 1. The van der Waals surface area contributed by atoms with Gasteiger partial charge in [-0.25, -0.2) is 4.79 Å². The highest BCUT2D eigenvalue weighted by Crippen LogP contribution is 2.47. The van der Waals surface area contributed by atoms with Crippen molar-refractivity contribution < 1.29 is 27.8 Å². The van der Waals surface area contributed by atoms with Crippen LogP contribution in [0.3, 0.4) is 0 Å². The third kappa shape index (κ3) is 3.05. The number of allylic oxidation sites excluding steroid dienone is 2. The quantitative estimate of drug-likeness (QED) is 0.810. The summed E-state index contributed by atoms with van der Waals surface area (Å²) in [6.07, 6.45) is 0.870. The molecule has 1 heterocycles. The third-order valence-corrected chi connectivity index (χ3v) is 4.60. The van der Waals surface area contributed by atoms with Gasteiger partial charge in [-0.2, -0.15) is 13.2 Å². The fraction of sp³-hybridized carbons (Fsp3) is 0.150. The van der Waals surface area contributed by atoms with E-state index < -0.39 is 17.7 Å². The van der Waals surface area contributed by atoms with Crippen LogP contribution >= 0.6 is 0 Å². The second-order valence-electron chi connectivity index (χ2n) is 6.31. The smallest absolute Gasteiger partial charge is 0.416 e. The number of nitrogens with one attached hydrogen (secondary N) is 1. The Bertz CT molecular complexity index is 979. The first-order valence-electron chi connectivity index (χ1n) is 8.21. The lowest BCUT2D eigenvalue weighted by molar-refractivity contribution is -0.137. The number of ether oxygens (including phenoxy) is 1. The van der Waals surface area contributed by atoms with Gasteiger partial charge >= 0.3 is 12.1 Å². The Labute approximate surface area is 152 Å². The Hall–Kier alpha value is -3.22. The molecule has 2 aromatic carbocycles. The molecule has 0 aromatic heterocycles. The van der Waals surface area contributed by atoms with E-state index in [9.17, 15) is 23.1 Å². The molecule has 0 saturated carbocycles. The number of fused-ring (bicyclic) bond motifs is 3. The number of para-hydroxylation sites is 1. The Kier molecular flexibility index (Phi) is 3.95. The van der Waals surface area contributed by atoms with E-state index in [1.54, 1.807) is 30.4 Å². The van der Waals surface area contributed by atoms with Gasteiger partial charge in [0.05, 0.1) is 17.5 Å². The summed E-state index contributed by atoms with van der Waals surface area (Å²) in [5.74, 6) is -0.577. The van der Waals surface area contributed by atoms with E-state index in [0.29, 0.717) is 17.0 Å². The second-order valence-corrected chi connectivity index (χ2v) is 6.31. The molecule has 0 fully saturated rings. The predicted octanol–water partition coefficient (Wildman–Crippen LogP) is 4.81. The maximum Gasteiger partial charge on any atom is 0.416 e. The third-order valence-electron chi connectivity index (χ3n) is 4.60. The SMILES string of the molecule is O=C(O)c1cccc2c1OC1=CC=CC(Nc3cccc(C(F)(F)F)c3)C12. The molecule has 2 N–H and O–H groups in total. The molecule has 2 aromatic rings. The van der Waals surface area contributed by atoms with Crippen LogP contribution in [0.25, 0.3) is 0 Å². The zero-order valence-electron chi connectivity index (χ0n) is 13.8. The van der Waals surface area contributed by atoms with Crippen LogP contribution in [0.5, 0.6) is 5.75 Å². The van der Waals surface area contributed by atoms with E-state index in [2.05, 4.69) is 5.32 Å². The van der Waals surface area contributed by atoms with Crippen molar-refractivity contribution in [1.82, 2.24) is 0 Å². The topological polar surface area (TPSA) is 58.6 Å². The molecule has 2 atom stereocenters. The van der Waals surface area contributed by atoms with Gasteiger partial charge in [-0.15, -0.1) is 0 Å². The fourth-order valence-corrected chi connectivity index (χ4v) is 3.42. The molecule has 0 spiro atoms. The number of benzene rings is 2. The molecule has 1 aliphatic carbocycles. The Morgan fingerprint density at radius 2 is 1.93 bits per heavy atom. The van der Waals surface area contributed by atoms with Crippen molar-refractivity contribution in [2.45, 2.75) is 18.1 Å². The van der Waals surface area contributed by atoms with Crippen LogP contribution in [0.1, 0.15) is 27.4 Å². The number of halogens is 3. The standard InChI is InChI=1S/C20H14F3NO3/c21-20(22,23)11-4-1-5-12(10-11)24-15-8-3-9-16-17(15)13-6-2-7-14(19(25)26)18(13)27-16/h1-10,15,17,24H,(H,25,26). The fourth-order valence-electron chi connectivity index (χ4n) is 3.42. The highest BCUT2D eigenvalue weighted by Gasteiger charge is 2.38. The van der Waals surface area contributed by atoms with Crippen molar-refractivity contribution in [1.29, 1.82) is 0 Å². The number of anilines is 1. The van der Waals surface area contributed by atoms with Crippen LogP contribution < -0.4 is 10.1 Å². The molecule has 7 heteroatoms. The average Bonchev–Trinajstić information content (AvgIpc) is 3.00. The van der Waals surface area contributed by atoms with Crippen LogP contribution in [-0.4, -0.2) is 17.1 Å². The maximum absolute atomic E-state index is 13.0. The lowest BCUT2D eigenvalue weighted by atomic mass is 9.87. The van der Waals surface area contributed by atoms with Crippen molar-refractivity contribution in [3.8, 4) is 5.75 Å². The normalized spacial score (nSPS) is 20.3. The second kappa shape index (κ2) is 6.19. The Balaban J connectivity index is 1.68. The van der Waals surface area contributed by atoms with Gasteiger partial charge in [-0.05, 0) is 30.3 Å². The zero-order chi connectivity index (χ0) is 19.2. The van der Waals surface area contributed by atoms with E-state index in [4.69, 9.17) is 4.74 Å². The molecule has 4 rings (SSSR count). The van der Waals surface area contributed by atoms with Crippen LogP contribution in [0, 0.1) is 0 Å². The summed E-state index contributed by atoms with van der Waals surface area (Å²) >= 11 is 0. The van der Waals surface area contributed by atoms with Gasteiger partial charge in [0, 0.05) is 11.3 Å². The highest BCUT2D eigenvalue weighted by molar-refractivity contribution is 5.92. The van der Waals surface area contributed by atoms with Gasteiger partial charge in [0.15, 0.2) is 0 Å². The maximum atomic E-state index is 13.0. The van der Waals surface area contributed by atoms with Crippen LogP contribution in [0.2, 0.25) is 0 Å². The van der Waals surface area contributed by atoms with E-state index in [1.807, 2.05) is 6.08 Å². The van der Waals surface area contributed by atoms with Gasteiger partial charge in [0.1, 0.15) is 17.1 Å². The van der Waals surface area contributed by atoms with Crippen molar-refractivity contribution >= 4 is 11.7 Å². The van der Waals surface area contributed by atoms with Gasteiger partial charge in [-0.1, -0.05) is 30.4 Å². The molecular weight excluding hydrogens is 359 g/mol. The number of alkyl halides is 3. The van der Waals surface area contributed by atoms with Crippen LogP contribution in [0.15, 0.2) is 66.5 Å². The number of aromatic carboxylic acids is 1. The number of carboxylic acid groups (broad SMARTS) is 1. The highest BCUT2D eigenvalue weighted by atomic mass is 19.4. The van der Waals surface area contributed by atoms with E-state index in [-0.39, 0.29) is 23.3 Å². The molecular formula is C20H14F3NO3. The summed E-state index contributed by atoms with van der Waals surface area (Å²) in [6, 6.07) is 9.46. The summed E-state index contributed by atoms with van der Waals surface area (Å²) in [5, 5.41) is 12.5. The lowest BCUT2D eigenvalue weighted by Gasteiger charge is -2.25. The predicted molar refractivity (Wildman–Crippen MR) is 92.8 cm³/mol. The van der Waals surface area contributed by atoms with E-state index in [1.165, 1.54) is 12.1 Å². The number of carbonyl (C=O) groups is 1. The molecule has 2 aliphatic rings. The summed E-state index contributed by atoms with van der Waals surface area (Å²) in [4.78, 5) is 11.4. The molecule has 27 heavy (non-hydrogen) atoms. The molecule has 4 nitrogen and oxygen atoms in total. The lowest BCUT2D eigenvalue weighted by Crippen LogP contribution is -2.27. The van der Waals surface area contributed by atoms with Crippen molar-refractivity contribution in [3.63, 3.8) is 0 Å². The number of hydrogen-bond acceptors (Lipinski definition) is 3. The van der Waals surface area contributed by atoms with Crippen molar-refractivity contribution in [2.75, 3.05) is 5.32 Å². The van der Waals surface area contributed by atoms with Crippen molar-refractivity contribution in [2.24, 2.45) is 0 Å². The van der Waals surface area contributed by atoms with Gasteiger partial charge in [-0.3, -0.25) is 0 Å². The molecule has 0 amide bonds. The van der Waals surface area contributed by atoms with E-state index in [0.717, 1.165) is 12.1 Å². The summed E-state index contributed by atoms with van der Waals surface area (Å²) in [7, 11) is 0. The van der Waals surface area contributed by atoms with Crippen LogP contribution in [-0.2, 0) is 6.18 Å². The van der Waals surface area contributed by atoms with Gasteiger partial charge < -0.3 is 15.2 Å². The first kappa shape index (κ1) is 17.2. The molecule has 1 aliphatic heterocycles. The molecule has 0 radical (unpaired) electrons. The van der Waals surface area contributed by atoms with Crippen molar-refractivity contribution in [3.05, 3.63) is 83.1 Å². The molecule has 0 saturated heterocycles. The molecule has 0 bridgehead atoms. The van der Waals surface area contributed by atoms with Crippen LogP contribution in [0.4, 0.5) is 18.9 Å². The average molecular weight is 373 g/mol. The van der Waals surface area contributed by atoms with Gasteiger partial charge in [0.2, 0.25) is 0 Å². The first-order chi connectivity index (χ1) is 12.8. The summed E-state index contributed by atoms with van der Waals surface area (Å²) < 4.78 is 44.6. The minimum atomic E-state index is -4.43. The number of rotatable bonds is 3. The van der Waals surface area contributed by atoms with Gasteiger partial charge in [0.25, 0.3) is 0 Å². The zero-order valence-corrected chi connectivity index (χ0v) is 13.8. The summed E-state index contributed by atoms with van der Waals surface area (Å²) in [5.41, 5.74) is 0.332. The summed E-state index contributed by atoms with van der Waals surface area (Å²) in [6.45, 7) is 0. The first-order valence-corrected chi connectivity index (χ1v) is 8.21. The largest absolute Gasteiger partial charge is 0.478 e. The number of hydrogen-bond donors (Lipinski definition) is 2. The van der Waals surface area contributed by atoms with E-state index >= 15 is 0 Å². The molecule has 2 unspecified atom stereocenters. The monoisotopic (exact) mass is 373 g/mol. The Morgan fingerprint density at radius 1 is 1.15 bits per heavy atom. The molecule has 138 valence electrons. The Morgan fingerprint density at radius 3 is 2.67 bits per heavy atom. The minimum Gasteiger partial charge on any atom is -0.478 e. The minimum absolute atomic E-state index is 0.0561.